The van der Waals surface area contributed by atoms with E-state index in [0.29, 0.717) is 11.5 Å². The van der Waals surface area contributed by atoms with Gasteiger partial charge in [-0.05, 0) is 50.1 Å². The van der Waals surface area contributed by atoms with Gasteiger partial charge in [0.2, 0.25) is 0 Å². The standard InChI is InChI=1S/C21H24N4O/c22-13-17-19(16-3-1-2-4-18(16)23-20(17)26)24-10-5-15(6-11-24)25-12-9-21(14-25)7-8-21/h1-4,15H,5-12,14H2,(H,23,26). The first-order valence-electron chi connectivity index (χ1n) is 9.73. The molecule has 5 rings (SSSR count). The summed E-state index contributed by atoms with van der Waals surface area (Å²) in [6, 6.07) is 10.6. The molecule has 3 heterocycles. The molecule has 0 bridgehead atoms. The van der Waals surface area contributed by atoms with Crippen molar-refractivity contribution < 1.29 is 0 Å². The Morgan fingerprint density at radius 1 is 1.12 bits per heavy atom. The molecule has 5 nitrogen and oxygen atoms in total. The van der Waals surface area contributed by atoms with E-state index in [-0.39, 0.29) is 11.1 Å². The number of hydrogen-bond acceptors (Lipinski definition) is 4. The van der Waals surface area contributed by atoms with Gasteiger partial charge in [0.25, 0.3) is 5.56 Å². The zero-order chi connectivity index (χ0) is 17.7. The number of rotatable bonds is 2. The van der Waals surface area contributed by atoms with Crippen LogP contribution < -0.4 is 10.5 Å². The summed E-state index contributed by atoms with van der Waals surface area (Å²) in [5.41, 5.74) is 2.28. The predicted molar refractivity (Wildman–Crippen MR) is 102 cm³/mol. The van der Waals surface area contributed by atoms with E-state index in [1.807, 2.05) is 24.3 Å². The first-order valence-corrected chi connectivity index (χ1v) is 9.73. The van der Waals surface area contributed by atoms with Crippen molar-refractivity contribution in [3.05, 3.63) is 40.2 Å². The third-order valence-corrected chi connectivity index (χ3v) is 6.73. The SMILES string of the molecule is N#Cc1c(N2CCC(N3CCC4(CC4)C3)CC2)c2ccccc2[nH]c1=O. The van der Waals surface area contributed by atoms with Crippen molar-refractivity contribution in [3.8, 4) is 6.07 Å². The number of likely N-dealkylation sites (tertiary alicyclic amines) is 1. The first kappa shape index (κ1) is 15.9. The summed E-state index contributed by atoms with van der Waals surface area (Å²) in [6.45, 7) is 4.36. The van der Waals surface area contributed by atoms with Crippen LogP contribution in [0.25, 0.3) is 10.9 Å². The van der Waals surface area contributed by atoms with Crippen molar-refractivity contribution in [2.24, 2.45) is 5.41 Å². The number of nitrogens with one attached hydrogen (secondary N) is 1. The van der Waals surface area contributed by atoms with Crippen LogP contribution in [0.5, 0.6) is 0 Å². The van der Waals surface area contributed by atoms with Gasteiger partial charge in [-0.2, -0.15) is 5.26 Å². The van der Waals surface area contributed by atoms with Gasteiger partial charge < -0.3 is 9.88 Å². The number of nitrogens with zero attached hydrogens (tertiary/aromatic N) is 3. The van der Waals surface area contributed by atoms with Crippen molar-refractivity contribution in [1.82, 2.24) is 9.88 Å². The molecule has 2 saturated heterocycles. The Bertz CT molecular complexity index is 945. The molecule has 1 spiro atoms. The van der Waals surface area contributed by atoms with Crippen LogP contribution in [0.3, 0.4) is 0 Å². The van der Waals surface area contributed by atoms with Gasteiger partial charge in [-0.1, -0.05) is 18.2 Å². The summed E-state index contributed by atoms with van der Waals surface area (Å²) < 4.78 is 0. The zero-order valence-electron chi connectivity index (χ0n) is 15.0. The monoisotopic (exact) mass is 348 g/mol. The molecule has 26 heavy (non-hydrogen) atoms. The summed E-state index contributed by atoms with van der Waals surface area (Å²) in [5, 5.41) is 10.5. The van der Waals surface area contributed by atoms with E-state index in [4.69, 9.17) is 0 Å². The molecule has 2 aliphatic heterocycles. The highest BCUT2D eigenvalue weighted by Crippen LogP contribution is 2.53. The maximum Gasteiger partial charge on any atom is 0.268 e. The molecule has 1 aromatic heterocycles. The van der Waals surface area contributed by atoms with Gasteiger partial charge >= 0.3 is 0 Å². The van der Waals surface area contributed by atoms with Gasteiger partial charge in [0, 0.05) is 31.1 Å². The second-order valence-corrected chi connectivity index (χ2v) is 8.27. The summed E-state index contributed by atoms with van der Waals surface area (Å²) in [4.78, 5) is 20.2. The number of pyridine rings is 1. The van der Waals surface area contributed by atoms with Gasteiger partial charge in [-0.3, -0.25) is 9.69 Å². The molecule has 3 fully saturated rings. The van der Waals surface area contributed by atoms with Gasteiger partial charge in [0.05, 0.1) is 11.2 Å². The molecular weight excluding hydrogens is 324 g/mol. The van der Waals surface area contributed by atoms with Crippen molar-refractivity contribution in [3.63, 3.8) is 0 Å². The van der Waals surface area contributed by atoms with E-state index < -0.39 is 0 Å². The predicted octanol–water partition coefficient (Wildman–Crippen LogP) is 2.85. The van der Waals surface area contributed by atoms with E-state index in [9.17, 15) is 10.1 Å². The minimum atomic E-state index is -0.279. The number of aromatic nitrogens is 1. The molecule has 1 aromatic carbocycles. The summed E-state index contributed by atoms with van der Waals surface area (Å²) in [5.74, 6) is 0. The summed E-state index contributed by atoms with van der Waals surface area (Å²) >= 11 is 0. The normalized spacial score (nSPS) is 22.8. The third-order valence-electron chi connectivity index (χ3n) is 6.73. The molecule has 0 amide bonds. The number of benzene rings is 1. The highest BCUT2D eigenvalue weighted by molar-refractivity contribution is 5.94. The molecule has 0 unspecified atom stereocenters. The lowest BCUT2D eigenvalue weighted by Crippen LogP contribution is -2.44. The molecule has 5 heteroatoms. The lowest BCUT2D eigenvalue weighted by atomic mass is 10.00. The van der Waals surface area contributed by atoms with Gasteiger partial charge in [-0.25, -0.2) is 0 Å². The van der Waals surface area contributed by atoms with Gasteiger partial charge in [0.1, 0.15) is 11.6 Å². The van der Waals surface area contributed by atoms with Crippen LogP contribution in [-0.2, 0) is 0 Å². The fourth-order valence-corrected chi connectivity index (χ4v) is 4.98. The number of para-hydroxylation sites is 1. The molecular formula is C21H24N4O. The quantitative estimate of drug-likeness (QED) is 0.906. The average Bonchev–Trinajstić information content (AvgIpc) is 3.29. The Hall–Kier alpha value is -2.32. The molecule has 134 valence electrons. The van der Waals surface area contributed by atoms with E-state index in [2.05, 4.69) is 20.9 Å². The van der Waals surface area contributed by atoms with Crippen molar-refractivity contribution in [2.75, 3.05) is 31.1 Å². The lowest BCUT2D eigenvalue weighted by Gasteiger charge is -2.38. The van der Waals surface area contributed by atoms with Crippen molar-refractivity contribution >= 4 is 16.6 Å². The van der Waals surface area contributed by atoms with E-state index in [1.165, 1.54) is 32.4 Å². The summed E-state index contributed by atoms with van der Waals surface area (Å²) in [7, 11) is 0. The molecule has 1 saturated carbocycles. The number of anilines is 1. The molecule has 0 atom stereocenters. The molecule has 1 aliphatic carbocycles. The van der Waals surface area contributed by atoms with E-state index in [0.717, 1.165) is 42.5 Å². The number of hydrogen-bond donors (Lipinski definition) is 1. The number of aromatic amines is 1. The Labute approximate surface area is 153 Å². The number of H-pyrrole nitrogens is 1. The Morgan fingerprint density at radius 3 is 2.58 bits per heavy atom. The second-order valence-electron chi connectivity index (χ2n) is 8.27. The van der Waals surface area contributed by atoms with Crippen LogP contribution in [-0.4, -0.2) is 42.1 Å². The highest BCUT2D eigenvalue weighted by Gasteiger charge is 2.49. The Morgan fingerprint density at radius 2 is 1.88 bits per heavy atom. The molecule has 3 aliphatic rings. The van der Waals surface area contributed by atoms with Crippen LogP contribution in [0.15, 0.2) is 29.1 Å². The number of nitriles is 1. The van der Waals surface area contributed by atoms with Crippen LogP contribution in [0.2, 0.25) is 0 Å². The van der Waals surface area contributed by atoms with E-state index in [1.54, 1.807) is 0 Å². The van der Waals surface area contributed by atoms with Crippen molar-refractivity contribution in [2.45, 2.75) is 38.1 Å². The summed E-state index contributed by atoms with van der Waals surface area (Å²) in [6.07, 6.45) is 6.45. The largest absolute Gasteiger partial charge is 0.370 e. The van der Waals surface area contributed by atoms with Crippen LogP contribution >= 0.6 is 0 Å². The lowest BCUT2D eigenvalue weighted by molar-refractivity contribution is 0.198. The molecule has 0 radical (unpaired) electrons. The highest BCUT2D eigenvalue weighted by atomic mass is 16.1. The first-order chi connectivity index (χ1) is 12.7. The Balaban J connectivity index is 1.41. The Kier molecular flexibility index (Phi) is 3.58. The fraction of sp³-hybridized carbons (Fsp3) is 0.524. The van der Waals surface area contributed by atoms with Gasteiger partial charge in [0.15, 0.2) is 0 Å². The van der Waals surface area contributed by atoms with Gasteiger partial charge in [-0.15, -0.1) is 0 Å². The second kappa shape index (κ2) is 5.85. The number of piperidine rings is 1. The van der Waals surface area contributed by atoms with Crippen LogP contribution in [0.1, 0.15) is 37.7 Å². The maximum absolute atomic E-state index is 12.4. The van der Waals surface area contributed by atoms with E-state index >= 15 is 0 Å². The molecule has 2 aromatic rings. The maximum atomic E-state index is 12.4. The fourth-order valence-electron chi connectivity index (χ4n) is 4.98. The van der Waals surface area contributed by atoms with Crippen LogP contribution in [0.4, 0.5) is 5.69 Å². The minimum Gasteiger partial charge on any atom is -0.370 e. The average molecular weight is 348 g/mol. The minimum absolute atomic E-state index is 0.250. The number of fused-ring (bicyclic) bond motifs is 1. The molecule has 1 N–H and O–H groups in total. The third kappa shape index (κ3) is 2.52. The zero-order valence-corrected chi connectivity index (χ0v) is 15.0. The van der Waals surface area contributed by atoms with Crippen LogP contribution in [0, 0.1) is 16.7 Å². The smallest absolute Gasteiger partial charge is 0.268 e. The topological polar surface area (TPSA) is 63.1 Å². The van der Waals surface area contributed by atoms with Crippen molar-refractivity contribution in [1.29, 1.82) is 5.26 Å².